The second-order valence-corrected chi connectivity index (χ2v) is 7.80. The van der Waals surface area contributed by atoms with Crippen molar-refractivity contribution in [2.24, 2.45) is 4.99 Å². The lowest BCUT2D eigenvalue weighted by atomic mass is 10.1. The second kappa shape index (κ2) is 9.77. The zero-order valence-electron chi connectivity index (χ0n) is 16.7. The maximum absolute atomic E-state index is 9.52. The van der Waals surface area contributed by atoms with Crippen LogP contribution in [-0.2, 0) is 13.0 Å². The van der Waals surface area contributed by atoms with Crippen molar-refractivity contribution in [2.75, 3.05) is 32.7 Å². The molecule has 2 heterocycles. The molecule has 30 heavy (non-hydrogen) atoms. The van der Waals surface area contributed by atoms with Gasteiger partial charge in [0.15, 0.2) is 5.71 Å². The van der Waals surface area contributed by atoms with Crippen molar-refractivity contribution >= 4 is 29.1 Å². The summed E-state index contributed by atoms with van der Waals surface area (Å²) in [7, 11) is 0. The molecule has 0 aliphatic carbocycles. The number of benzene rings is 2. The summed E-state index contributed by atoms with van der Waals surface area (Å²) in [5.41, 5.74) is 4.23. The number of guanidine groups is 1. The van der Waals surface area contributed by atoms with Crippen LogP contribution >= 0.6 is 11.6 Å². The number of phenolic OH excluding ortho intramolecular Hbond substituents is 1. The Kier molecular flexibility index (Phi) is 6.65. The molecule has 0 unspecified atom stereocenters. The molecule has 0 spiro atoms. The fourth-order valence-electron chi connectivity index (χ4n) is 3.53. The Morgan fingerprint density at radius 2 is 2.03 bits per heavy atom. The van der Waals surface area contributed by atoms with Gasteiger partial charge in [-0.15, -0.1) is 0 Å². The van der Waals surface area contributed by atoms with E-state index >= 15 is 0 Å². The van der Waals surface area contributed by atoms with Gasteiger partial charge in [0, 0.05) is 44.7 Å². The third kappa shape index (κ3) is 5.39. The maximum Gasteiger partial charge on any atom is 0.489 e. The Hall–Kier alpha value is -2.85. The average molecular weight is 423 g/mol. The highest BCUT2D eigenvalue weighted by Crippen LogP contribution is 2.23. The zero-order valence-corrected chi connectivity index (χ0v) is 17.5. The summed E-state index contributed by atoms with van der Waals surface area (Å²) in [5, 5.41) is 16.5. The lowest BCUT2D eigenvalue weighted by molar-refractivity contribution is 0.233. The summed E-state index contributed by atoms with van der Waals surface area (Å²) in [5.74, 6) is 3.59. The Bertz CT molecular complexity index is 1050. The molecular formula is C23H25ClN5O+. The lowest BCUT2D eigenvalue weighted by Gasteiger charge is -2.27. The topological polar surface area (TPSA) is 74.0 Å². The third-order valence-electron chi connectivity index (χ3n) is 5.15. The number of hydrogen-bond donors (Lipinski definition) is 3. The first-order valence-corrected chi connectivity index (χ1v) is 10.5. The highest BCUT2D eigenvalue weighted by Gasteiger charge is 2.16. The highest BCUT2D eigenvalue weighted by molar-refractivity contribution is 6.32. The molecule has 0 bridgehead atoms. The summed E-state index contributed by atoms with van der Waals surface area (Å²) < 4.78 is 4.22. The molecule has 0 saturated carbocycles. The van der Waals surface area contributed by atoms with Gasteiger partial charge in [-0.05, 0) is 29.3 Å². The van der Waals surface area contributed by atoms with E-state index in [2.05, 4.69) is 55.3 Å². The van der Waals surface area contributed by atoms with Gasteiger partial charge in [0.2, 0.25) is 0 Å². The first-order valence-electron chi connectivity index (χ1n) is 10.2. The number of hydrogen-bond acceptors (Lipinski definition) is 5. The maximum atomic E-state index is 9.52. The van der Waals surface area contributed by atoms with Crippen LogP contribution in [0.3, 0.4) is 0 Å². The molecule has 3 N–H and O–H groups in total. The number of nitrogens with one attached hydrogen (secondary N) is 2. The van der Waals surface area contributed by atoms with Crippen molar-refractivity contribution in [1.29, 1.82) is 0 Å². The summed E-state index contributed by atoms with van der Waals surface area (Å²) >= 11 is 5.97. The number of piperazine rings is 1. The molecular weight excluding hydrogens is 398 g/mol. The van der Waals surface area contributed by atoms with E-state index in [4.69, 9.17) is 11.6 Å². The van der Waals surface area contributed by atoms with Crippen LogP contribution in [0, 0.1) is 0 Å². The molecule has 0 aromatic heterocycles. The molecule has 0 atom stereocenters. The molecule has 2 aliphatic rings. The van der Waals surface area contributed by atoms with Crippen molar-refractivity contribution in [3.05, 3.63) is 70.3 Å². The summed E-state index contributed by atoms with van der Waals surface area (Å²) in [6.45, 7) is 5.85. The van der Waals surface area contributed by atoms with Crippen LogP contribution in [0.2, 0.25) is 5.02 Å². The minimum Gasteiger partial charge on any atom is -0.506 e. The van der Waals surface area contributed by atoms with E-state index in [1.165, 1.54) is 5.56 Å². The van der Waals surface area contributed by atoms with Crippen LogP contribution in [0.15, 0.2) is 53.5 Å². The van der Waals surface area contributed by atoms with Gasteiger partial charge in [-0.3, -0.25) is 10.2 Å². The summed E-state index contributed by atoms with van der Waals surface area (Å²) in [6.07, 6.45) is 2.56. The van der Waals surface area contributed by atoms with E-state index in [-0.39, 0.29) is 5.75 Å². The number of aromatic hydroxyl groups is 1. The molecule has 1 fully saturated rings. The van der Waals surface area contributed by atoms with Crippen LogP contribution in [0.1, 0.15) is 16.7 Å². The molecule has 0 radical (unpaired) electrons. The second-order valence-electron chi connectivity index (χ2n) is 7.39. The Morgan fingerprint density at radius 3 is 2.87 bits per heavy atom. The number of phenols is 1. The molecule has 154 valence electrons. The molecule has 6 nitrogen and oxygen atoms in total. The normalized spacial score (nSPS) is 16.3. The predicted octanol–water partition coefficient (Wildman–Crippen LogP) is 1.73. The minimum atomic E-state index is 0.0956. The quantitative estimate of drug-likeness (QED) is 0.620. The van der Waals surface area contributed by atoms with Gasteiger partial charge in [0.25, 0.3) is 0 Å². The van der Waals surface area contributed by atoms with Crippen molar-refractivity contribution in [1.82, 2.24) is 20.2 Å². The Labute approximate surface area is 181 Å². The Balaban J connectivity index is 1.37. The standard InChI is InChI=1S/C23H24ClN5O/c24-20-15-17(4-5-22(20)30)6-8-26-23-27-9-7-21(28-23)19-3-1-2-18(14-19)16-29-12-10-25-11-13-29/h1-5,7,14-15,25,30H,6,8,10-13,16H2/p+1. The predicted molar refractivity (Wildman–Crippen MR) is 123 cm³/mol. The molecule has 2 aliphatic heterocycles. The zero-order chi connectivity index (χ0) is 20.8. The molecule has 7 heteroatoms. The first-order chi connectivity index (χ1) is 14.7. The van der Waals surface area contributed by atoms with Gasteiger partial charge in [0.05, 0.1) is 17.6 Å². The number of rotatable bonds is 6. The van der Waals surface area contributed by atoms with E-state index in [9.17, 15) is 5.11 Å². The van der Waals surface area contributed by atoms with Gasteiger partial charge in [-0.25, -0.2) is 0 Å². The Morgan fingerprint density at radius 1 is 1.17 bits per heavy atom. The molecule has 2 aromatic carbocycles. The highest BCUT2D eigenvalue weighted by atomic mass is 35.5. The first kappa shape index (κ1) is 20.4. The van der Waals surface area contributed by atoms with E-state index in [1.54, 1.807) is 12.1 Å². The lowest BCUT2D eigenvalue weighted by Crippen LogP contribution is -2.42. The van der Waals surface area contributed by atoms with Crippen LogP contribution in [0.4, 0.5) is 0 Å². The van der Waals surface area contributed by atoms with E-state index < -0.39 is 0 Å². The fraction of sp³-hybridized carbons (Fsp3) is 0.304. The molecule has 4 rings (SSSR count). The van der Waals surface area contributed by atoms with Gasteiger partial charge in [-0.1, -0.05) is 40.9 Å². The smallest absolute Gasteiger partial charge is 0.489 e. The van der Waals surface area contributed by atoms with Gasteiger partial charge >= 0.3 is 5.96 Å². The van der Waals surface area contributed by atoms with Gasteiger partial charge < -0.3 is 10.4 Å². The van der Waals surface area contributed by atoms with Crippen molar-refractivity contribution < 1.29 is 5.11 Å². The minimum absolute atomic E-state index is 0.0956. The summed E-state index contributed by atoms with van der Waals surface area (Å²) in [6, 6.07) is 13.7. The molecule has 2 aromatic rings. The largest absolute Gasteiger partial charge is 0.506 e. The van der Waals surface area contributed by atoms with Crippen LogP contribution in [0.5, 0.6) is 5.75 Å². The SMILES string of the molecule is Oc1ccc(CCNC2=[N+]=C=CC(c3cccc(CN4CCNCC4)c3)=N2)cc1Cl. The number of aliphatic imine (C=N–C) groups is 1. The number of halogens is 1. The van der Waals surface area contributed by atoms with Crippen molar-refractivity contribution in [2.45, 2.75) is 13.0 Å². The monoisotopic (exact) mass is 422 g/mol. The average Bonchev–Trinajstić information content (AvgIpc) is 2.77. The van der Waals surface area contributed by atoms with Crippen LogP contribution in [0.25, 0.3) is 0 Å². The van der Waals surface area contributed by atoms with Gasteiger partial charge in [0.1, 0.15) is 11.6 Å². The number of nitrogens with zero attached hydrogens (tertiary/aromatic N) is 3. The van der Waals surface area contributed by atoms with E-state index in [0.29, 0.717) is 17.5 Å². The van der Waals surface area contributed by atoms with Crippen molar-refractivity contribution in [3.63, 3.8) is 0 Å². The van der Waals surface area contributed by atoms with Crippen molar-refractivity contribution in [3.8, 4) is 5.75 Å². The summed E-state index contributed by atoms with van der Waals surface area (Å²) in [4.78, 5) is 7.11. The van der Waals surface area contributed by atoms with E-state index in [1.807, 2.05) is 12.1 Å². The van der Waals surface area contributed by atoms with Gasteiger partial charge in [-0.2, -0.15) is 4.67 Å². The van der Waals surface area contributed by atoms with Crippen LogP contribution < -0.4 is 15.3 Å². The van der Waals surface area contributed by atoms with E-state index in [0.717, 1.165) is 56.0 Å². The molecule has 0 amide bonds. The number of allylic oxidation sites excluding steroid dienone is 1. The molecule has 1 saturated heterocycles. The third-order valence-corrected chi connectivity index (χ3v) is 5.45. The fourth-order valence-corrected chi connectivity index (χ4v) is 3.74. The van der Waals surface area contributed by atoms with Crippen LogP contribution in [-0.4, -0.2) is 60.3 Å².